The molecule has 7 nitrogen and oxygen atoms in total. The number of aromatic nitrogens is 1. The molecule has 1 heterocycles. The van der Waals surface area contributed by atoms with Crippen molar-refractivity contribution >= 4 is 27.3 Å². The van der Waals surface area contributed by atoms with Crippen LogP contribution in [0.4, 0.5) is 5.69 Å². The fourth-order valence-electron chi connectivity index (χ4n) is 3.00. The summed E-state index contributed by atoms with van der Waals surface area (Å²) < 4.78 is 38.7. The average molecular weight is 453 g/mol. The van der Waals surface area contributed by atoms with Gasteiger partial charge in [-0.15, -0.1) is 0 Å². The van der Waals surface area contributed by atoms with Crippen LogP contribution in [0.1, 0.15) is 25.0 Å². The zero-order chi connectivity index (χ0) is 23.0. The van der Waals surface area contributed by atoms with Gasteiger partial charge in [0.1, 0.15) is 5.75 Å². The number of carbonyl (C=O) groups excluding carboxylic acids is 1. The van der Waals surface area contributed by atoms with Gasteiger partial charge in [-0.1, -0.05) is 18.2 Å². The maximum Gasteiger partial charge on any atom is 0.331 e. The van der Waals surface area contributed by atoms with Crippen LogP contribution in [-0.4, -0.2) is 32.6 Å². The van der Waals surface area contributed by atoms with Gasteiger partial charge in [-0.05, 0) is 67.4 Å². The molecule has 1 aromatic heterocycles. The number of benzene rings is 2. The number of pyridine rings is 1. The van der Waals surface area contributed by atoms with Crippen LogP contribution < -0.4 is 9.46 Å². The summed E-state index contributed by atoms with van der Waals surface area (Å²) in [5, 5.41) is 0. The van der Waals surface area contributed by atoms with E-state index in [1.807, 2.05) is 13.0 Å². The summed E-state index contributed by atoms with van der Waals surface area (Å²) in [6.07, 6.45) is 4.63. The Kier molecular flexibility index (Phi) is 7.62. The summed E-state index contributed by atoms with van der Waals surface area (Å²) in [5.74, 6) is 0.102. The monoisotopic (exact) mass is 452 g/mol. The smallest absolute Gasteiger partial charge is 0.331 e. The molecule has 0 spiro atoms. The van der Waals surface area contributed by atoms with Gasteiger partial charge in [-0.2, -0.15) is 0 Å². The van der Waals surface area contributed by atoms with Crippen LogP contribution >= 0.6 is 0 Å². The highest BCUT2D eigenvalue weighted by Crippen LogP contribution is 2.27. The average Bonchev–Trinajstić information content (AvgIpc) is 2.79. The molecule has 0 saturated carbocycles. The van der Waals surface area contributed by atoms with E-state index in [4.69, 9.17) is 9.47 Å². The number of hydrogen-bond acceptors (Lipinski definition) is 6. The van der Waals surface area contributed by atoms with Crippen molar-refractivity contribution in [3.05, 3.63) is 90.3 Å². The van der Waals surface area contributed by atoms with E-state index in [2.05, 4.69) is 9.71 Å². The second-order valence-electron chi connectivity index (χ2n) is 6.64. The predicted octanol–water partition coefficient (Wildman–Crippen LogP) is 4.28. The molecule has 3 aromatic rings. The lowest BCUT2D eigenvalue weighted by Gasteiger charge is -2.12. The molecule has 0 aliphatic carbocycles. The van der Waals surface area contributed by atoms with Gasteiger partial charge in [0.25, 0.3) is 10.0 Å². The summed E-state index contributed by atoms with van der Waals surface area (Å²) in [7, 11) is -3.81. The first-order chi connectivity index (χ1) is 15.4. The molecule has 0 saturated heterocycles. The Morgan fingerprint density at radius 3 is 2.41 bits per heavy atom. The standard InChI is InChI=1S/C24H24N2O5S/c1-3-30-21-10-12-22(13-11-21)32(28,29)26-20-9-5-7-18(15-20)23(16-24(27)31-4-2)19-8-6-14-25-17-19/h5-17,26H,3-4H2,1-2H3. The number of sulfonamides is 1. The van der Waals surface area contributed by atoms with Crippen molar-refractivity contribution < 1.29 is 22.7 Å². The molecule has 8 heteroatoms. The van der Waals surface area contributed by atoms with Gasteiger partial charge in [0.15, 0.2) is 0 Å². The Bertz CT molecular complexity index is 1190. The molecule has 32 heavy (non-hydrogen) atoms. The molecular weight excluding hydrogens is 428 g/mol. The third-order valence-electron chi connectivity index (χ3n) is 4.39. The van der Waals surface area contributed by atoms with Crippen molar-refractivity contribution in [2.75, 3.05) is 17.9 Å². The Morgan fingerprint density at radius 1 is 1.00 bits per heavy atom. The predicted molar refractivity (Wildman–Crippen MR) is 123 cm³/mol. The van der Waals surface area contributed by atoms with Crippen molar-refractivity contribution in [2.24, 2.45) is 0 Å². The normalized spacial score (nSPS) is 11.6. The van der Waals surface area contributed by atoms with Crippen LogP contribution in [0.2, 0.25) is 0 Å². The Balaban J connectivity index is 1.92. The fraction of sp³-hybridized carbons (Fsp3) is 0.167. The summed E-state index contributed by atoms with van der Waals surface area (Å²) in [6.45, 7) is 4.33. The Labute approximate surface area is 187 Å². The van der Waals surface area contributed by atoms with Crippen LogP contribution in [0.5, 0.6) is 5.75 Å². The highest BCUT2D eigenvalue weighted by molar-refractivity contribution is 7.92. The molecule has 2 aromatic carbocycles. The molecule has 3 rings (SSSR count). The molecule has 0 atom stereocenters. The summed E-state index contributed by atoms with van der Waals surface area (Å²) in [6, 6.07) is 16.5. The number of anilines is 1. The molecular formula is C24H24N2O5S. The second-order valence-corrected chi connectivity index (χ2v) is 8.32. The van der Waals surface area contributed by atoms with Crippen molar-refractivity contribution in [3.63, 3.8) is 0 Å². The summed E-state index contributed by atoms with van der Waals surface area (Å²) >= 11 is 0. The van der Waals surface area contributed by atoms with Gasteiger partial charge < -0.3 is 9.47 Å². The van der Waals surface area contributed by atoms with Crippen LogP contribution in [0, 0.1) is 0 Å². The lowest BCUT2D eigenvalue weighted by Crippen LogP contribution is -2.13. The van der Waals surface area contributed by atoms with E-state index in [-0.39, 0.29) is 11.5 Å². The van der Waals surface area contributed by atoms with Gasteiger partial charge >= 0.3 is 5.97 Å². The van der Waals surface area contributed by atoms with Crippen molar-refractivity contribution in [1.29, 1.82) is 0 Å². The third-order valence-corrected chi connectivity index (χ3v) is 5.79. The SMILES string of the molecule is CCOC(=O)C=C(c1cccnc1)c1cccc(NS(=O)(=O)c2ccc(OCC)cc2)c1. The van der Waals surface area contributed by atoms with E-state index >= 15 is 0 Å². The first kappa shape index (κ1) is 23.0. The number of nitrogens with zero attached hydrogens (tertiary/aromatic N) is 1. The van der Waals surface area contributed by atoms with Crippen LogP contribution in [0.15, 0.2) is 84.0 Å². The Hall–Kier alpha value is -3.65. The lowest BCUT2D eigenvalue weighted by atomic mass is 9.98. The van der Waals surface area contributed by atoms with Crippen LogP contribution in [0.3, 0.4) is 0 Å². The zero-order valence-corrected chi connectivity index (χ0v) is 18.6. The van der Waals surface area contributed by atoms with E-state index in [1.54, 1.807) is 61.8 Å². The fourth-order valence-corrected chi connectivity index (χ4v) is 4.05. The van der Waals surface area contributed by atoms with Crippen molar-refractivity contribution in [3.8, 4) is 5.75 Å². The molecule has 0 radical (unpaired) electrons. The molecule has 0 aliphatic rings. The molecule has 166 valence electrons. The van der Waals surface area contributed by atoms with E-state index in [0.717, 1.165) is 0 Å². The first-order valence-electron chi connectivity index (χ1n) is 10.1. The quantitative estimate of drug-likeness (QED) is 0.385. The number of esters is 1. The van der Waals surface area contributed by atoms with Gasteiger partial charge in [-0.3, -0.25) is 9.71 Å². The molecule has 0 fully saturated rings. The molecule has 0 unspecified atom stereocenters. The van der Waals surface area contributed by atoms with Gasteiger partial charge in [0.05, 0.1) is 18.1 Å². The van der Waals surface area contributed by atoms with E-state index < -0.39 is 16.0 Å². The minimum absolute atomic E-state index is 0.112. The number of hydrogen-bond donors (Lipinski definition) is 1. The Morgan fingerprint density at radius 2 is 1.75 bits per heavy atom. The maximum atomic E-state index is 12.8. The number of rotatable bonds is 9. The topological polar surface area (TPSA) is 94.6 Å². The minimum atomic E-state index is -3.81. The van der Waals surface area contributed by atoms with Crippen molar-refractivity contribution in [2.45, 2.75) is 18.7 Å². The zero-order valence-electron chi connectivity index (χ0n) is 17.8. The third kappa shape index (κ3) is 5.95. The van der Waals surface area contributed by atoms with Crippen molar-refractivity contribution in [1.82, 2.24) is 4.98 Å². The van der Waals surface area contributed by atoms with Gasteiger partial charge in [0.2, 0.25) is 0 Å². The minimum Gasteiger partial charge on any atom is -0.494 e. The number of nitrogens with one attached hydrogen (secondary N) is 1. The molecule has 0 aliphatic heterocycles. The number of carbonyl (C=O) groups is 1. The van der Waals surface area contributed by atoms with Gasteiger partial charge in [0, 0.05) is 29.7 Å². The summed E-state index contributed by atoms with van der Waals surface area (Å²) in [5.41, 5.74) is 2.26. The molecule has 0 bridgehead atoms. The lowest BCUT2D eigenvalue weighted by molar-refractivity contribution is -0.137. The van der Waals surface area contributed by atoms with Crippen LogP contribution in [0.25, 0.3) is 5.57 Å². The van der Waals surface area contributed by atoms with E-state index in [0.29, 0.717) is 34.7 Å². The van der Waals surface area contributed by atoms with Gasteiger partial charge in [-0.25, -0.2) is 13.2 Å². The second kappa shape index (κ2) is 10.6. The first-order valence-corrected chi connectivity index (χ1v) is 11.6. The van der Waals surface area contributed by atoms with Crippen LogP contribution in [-0.2, 0) is 19.6 Å². The largest absolute Gasteiger partial charge is 0.494 e. The highest BCUT2D eigenvalue weighted by atomic mass is 32.2. The van der Waals surface area contributed by atoms with E-state index in [9.17, 15) is 13.2 Å². The molecule has 1 N–H and O–H groups in total. The summed E-state index contributed by atoms with van der Waals surface area (Å²) in [4.78, 5) is 16.4. The number of ether oxygens (including phenoxy) is 2. The highest BCUT2D eigenvalue weighted by Gasteiger charge is 2.16. The maximum absolute atomic E-state index is 12.8. The van der Waals surface area contributed by atoms with E-state index in [1.165, 1.54) is 18.2 Å². The molecule has 0 amide bonds.